The minimum atomic E-state index is 0.330. The SMILES string of the molecule is CCC(C)CO.CCc1ccc(OC)cc1. The average molecular weight is 224 g/mol. The van der Waals surface area contributed by atoms with Crippen LogP contribution in [0.5, 0.6) is 5.75 Å². The van der Waals surface area contributed by atoms with Gasteiger partial charge in [-0.1, -0.05) is 39.3 Å². The normalized spacial score (nSPS) is 11.3. The Kier molecular flexibility index (Phi) is 8.64. The smallest absolute Gasteiger partial charge is 0.118 e. The summed E-state index contributed by atoms with van der Waals surface area (Å²) in [5, 5.41) is 8.33. The van der Waals surface area contributed by atoms with E-state index in [4.69, 9.17) is 9.84 Å². The quantitative estimate of drug-likeness (QED) is 0.850. The fourth-order valence-electron chi connectivity index (χ4n) is 0.990. The molecule has 1 N–H and O–H groups in total. The first-order chi connectivity index (χ1) is 7.67. The molecule has 16 heavy (non-hydrogen) atoms. The van der Waals surface area contributed by atoms with Crippen molar-refractivity contribution in [3.63, 3.8) is 0 Å². The third-order valence-electron chi connectivity index (χ3n) is 2.58. The lowest BCUT2D eigenvalue weighted by molar-refractivity contribution is 0.234. The summed E-state index contributed by atoms with van der Waals surface area (Å²) in [6.07, 6.45) is 2.17. The van der Waals surface area contributed by atoms with E-state index in [1.54, 1.807) is 7.11 Å². The summed E-state index contributed by atoms with van der Waals surface area (Å²) in [6, 6.07) is 8.13. The molecule has 0 saturated heterocycles. The average Bonchev–Trinajstić information content (AvgIpc) is 2.38. The van der Waals surface area contributed by atoms with Crippen molar-refractivity contribution in [3.8, 4) is 5.75 Å². The zero-order chi connectivity index (χ0) is 12.4. The highest BCUT2D eigenvalue weighted by atomic mass is 16.5. The Bertz CT molecular complexity index is 227. The van der Waals surface area contributed by atoms with Crippen molar-refractivity contribution in [2.75, 3.05) is 13.7 Å². The monoisotopic (exact) mass is 224 g/mol. The molecule has 0 aliphatic rings. The molecule has 1 aromatic rings. The van der Waals surface area contributed by atoms with Crippen LogP contribution in [0.15, 0.2) is 24.3 Å². The summed E-state index contributed by atoms with van der Waals surface area (Å²) < 4.78 is 5.01. The number of ether oxygens (including phenoxy) is 1. The van der Waals surface area contributed by atoms with Gasteiger partial charge in [-0.15, -0.1) is 0 Å². The van der Waals surface area contributed by atoms with Crippen molar-refractivity contribution >= 4 is 0 Å². The molecule has 0 saturated carbocycles. The molecule has 2 heteroatoms. The van der Waals surface area contributed by atoms with E-state index in [0.717, 1.165) is 18.6 Å². The van der Waals surface area contributed by atoms with Gasteiger partial charge < -0.3 is 9.84 Å². The third kappa shape index (κ3) is 6.46. The summed E-state index contributed by atoms with van der Waals surface area (Å²) in [4.78, 5) is 0. The van der Waals surface area contributed by atoms with Crippen molar-refractivity contribution in [1.82, 2.24) is 0 Å². The Hall–Kier alpha value is -1.02. The molecule has 1 unspecified atom stereocenters. The van der Waals surface area contributed by atoms with Crippen LogP contribution in [0.1, 0.15) is 32.8 Å². The first kappa shape index (κ1) is 15.0. The number of methoxy groups -OCH3 is 1. The Balaban J connectivity index is 0.000000325. The largest absolute Gasteiger partial charge is 0.497 e. The zero-order valence-corrected chi connectivity index (χ0v) is 10.9. The fraction of sp³-hybridized carbons (Fsp3) is 0.571. The van der Waals surface area contributed by atoms with E-state index in [0.29, 0.717) is 12.5 Å². The van der Waals surface area contributed by atoms with E-state index < -0.39 is 0 Å². The number of rotatable bonds is 4. The van der Waals surface area contributed by atoms with Gasteiger partial charge in [0.2, 0.25) is 0 Å². The molecule has 0 aliphatic carbocycles. The summed E-state index contributed by atoms with van der Waals surface area (Å²) in [7, 11) is 1.68. The van der Waals surface area contributed by atoms with Gasteiger partial charge in [0.05, 0.1) is 7.11 Å². The zero-order valence-electron chi connectivity index (χ0n) is 10.9. The van der Waals surface area contributed by atoms with Crippen LogP contribution in [0.25, 0.3) is 0 Å². The second-order valence-corrected chi connectivity index (χ2v) is 3.90. The van der Waals surface area contributed by atoms with Gasteiger partial charge in [0.25, 0.3) is 0 Å². The van der Waals surface area contributed by atoms with Crippen LogP contribution >= 0.6 is 0 Å². The van der Waals surface area contributed by atoms with E-state index in [9.17, 15) is 0 Å². The lowest BCUT2D eigenvalue weighted by atomic mass is 10.1. The minimum absolute atomic E-state index is 0.330. The van der Waals surface area contributed by atoms with Crippen LogP contribution in [0.3, 0.4) is 0 Å². The molecular weight excluding hydrogens is 200 g/mol. The molecule has 1 aromatic carbocycles. The lowest BCUT2D eigenvalue weighted by Gasteiger charge is -1.99. The van der Waals surface area contributed by atoms with Gasteiger partial charge in [-0.2, -0.15) is 0 Å². The highest BCUT2D eigenvalue weighted by molar-refractivity contribution is 5.26. The number of hydrogen-bond donors (Lipinski definition) is 1. The Morgan fingerprint density at radius 3 is 2.00 bits per heavy atom. The number of aliphatic hydroxyl groups is 1. The second-order valence-electron chi connectivity index (χ2n) is 3.90. The molecule has 0 bridgehead atoms. The molecule has 0 spiro atoms. The minimum Gasteiger partial charge on any atom is -0.497 e. The van der Waals surface area contributed by atoms with Crippen LogP contribution in [-0.2, 0) is 6.42 Å². The maximum absolute atomic E-state index is 8.33. The Labute approximate surface area is 99.3 Å². The van der Waals surface area contributed by atoms with Crippen LogP contribution in [0.2, 0.25) is 0 Å². The Morgan fingerprint density at radius 1 is 1.19 bits per heavy atom. The summed E-state index contributed by atoms with van der Waals surface area (Å²) in [5.41, 5.74) is 1.35. The second kappa shape index (κ2) is 9.22. The summed E-state index contributed by atoms with van der Waals surface area (Å²) >= 11 is 0. The first-order valence-electron chi connectivity index (χ1n) is 5.91. The van der Waals surface area contributed by atoms with Crippen LogP contribution in [0.4, 0.5) is 0 Å². The van der Waals surface area contributed by atoms with Gasteiger partial charge in [-0.05, 0) is 30.0 Å². The van der Waals surface area contributed by atoms with Gasteiger partial charge in [0.1, 0.15) is 5.75 Å². The predicted octanol–water partition coefficient (Wildman–Crippen LogP) is 3.28. The molecule has 0 aliphatic heterocycles. The van der Waals surface area contributed by atoms with Crippen LogP contribution < -0.4 is 4.74 Å². The molecule has 2 nitrogen and oxygen atoms in total. The van der Waals surface area contributed by atoms with Crippen molar-refractivity contribution in [2.24, 2.45) is 5.92 Å². The molecule has 0 aromatic heterocycles. The summed E-state index contributed by atoms with van der Waals surface area (Å²) in [5.74, 6) is 1.42. The van der Waals surface area contributed by atoms with Crippen molar-refractivity contribution in [3.05, 3.63) is 29.8 Å². The van der Waals surface area contributed by atoms with Crippen LogP contribution in [0, 0.1) is 5.92 Å². The van der Waals surface area contributed by atoms with E-state index in [2.05, 4.69) is 26.0 Å². The molecule has 1 atom stereocenters. The number of aliphatic hydroxyl groups excluding tert-OH is 1. The Morgan fingerprint density at radius 2 is 1.75 bits per heavy atom. The predicted molar refractivity (Wildman–Crippen MR) is 68.9 cm³/mol. The molecule has 0 heterocycles. The van der Waals surface area contributed by atoms with Crippen molar-refractivity contribution in [2.45, 2.75) is 33.6 Å². The number of hydrogen-bond acceptors (Lipinski definition) is 2. The first-order valence-corrected chi connectivity index (χ1v) is 5.91. The third-order valence-corrected chi connectivity index (χ3v) is 2.58. The highest BCUT2D eigenvalue weighted by Crippen LogP contribution is 2.10. The lowest BCUT2D eigenvalue weighted by Crippen LogP contribution is -1.96. The van der Waals surface area contributed by atoms with Gasteiger partial charge in [0.15, 0.2) is 0 Å². The molecular formula is C14H24O2. The topological polar surface area (TPSA) is 29.5 Å². The fourth-order valence-corrected chi connectivity index (χ4v) is 0.990. The maximum atomic E-state index is 8.33. The molecule has 0 radical (unpaired) electrons. The van der Waals surface area contributed by atoms with Gasteiger partial charge in [-0.3, -0.25) is 0 Å². The van der Waals surface area contributed by atoms with Crippen LogP contribution in [-0.4, -0.2) is 18.8 Å². The molecule has 92 valence electrons. The molecule has 1 rings (SSSR count). The summed E-state index contributed by atoms with van der Waals surface area (Å²) in [6.45, 7) is 6.57. The highest BCUT2D eigenvalue weighted by Gasteiger charge is 1.90. The van der Waals surface area contributed by atoms with E-state index in [1.165, 1.54) is 5.56 Å². The number of benzene rings is 1. The molecule has 0 fully saturated rings. The van der Waals surface area contributed by atoms with Gasteiger partial charge in [-0.25, -0.2) is 0 Å². The van der Waals surface area contributed by atoms with E-state index >= 15 is 0 Å². The van der Waals surface area contributed by atoms with Crippen molar-refractivity contribution in [1.29, 1.82) is 0 Å². The molecule has 0 amide bonds. The van der Waals surface area contributed by atoms with E-state index in [1.807, 2.05) is 19.1 Å². The van der Waals surface area contributed by atoms with Crippen molar-refractivity contribution < 1.29 is 9.84 Å². The van der Waals surface area contributed by atoms with E-state index in [-0.39, 0.29) is 0 Å². The number of aryl methyl sites for hydroxylation is 1. The maximum Gasteiger partial charge on any atom is 0.118 e. The van der Waals surface area contributed by atoms with Gasteiger partial charge in [0, 0.05) is 6.61 Å². The van der Waals surface area contributed by atoms with Gasteiger partial charge >= 0.3 is 0 Å². The standard InChI is InChI=1S/C9H12O.C5H12O/c1-3-8-4-6-9(10-2)7-5-8;1-3-5(2)4-6/h4-7H,3H2,1-2H3;5-6H,3-4H2,1-2H3.